The van der Waals surface area contributed by atoms with Gasteiger partial charge < -0.3 is 10.2 Å². The van der Waals surface area contributed by atoms with Gasteiger partial charge in [-0.15, -0.1) is 0 Å². The number of hydrogen-bond donors (Lipinski definition) is 1. The van der Waals surface area contributed by atoms with Crippen LogP contribution in [0, 0.1) is 11.3 Å². The van der Waals surface area contributed by atoms with Crippen LogP contribution in [0.1, 0.15) is 39.5 Å². The summed E-state index contributed by atoms with van der Waals surface area (Å²) in [7, 11) is 2.12. The van der Waals surface area contributed by atoms with Crippen LogP contribution in [-0.4, -0.2) is 37.5 Å². The van der Waals surface area contributed by atoms with Gasteiger partial charge in [-0.3, -0.25) is 4.99 Å². The first kappa shape index (κ1) is 11.7. The highest BCUT2D eigenvalue weighted by molar-refractivity contribution is 5.81. The maximum Gasteiger partial charge on any atom is 0.193 e. The molecule has 2 aliphatic rings. The first-order chi connectivity index (χ1) is 7.59. The standard InChI is InChI=1S/C13H25N3/c1-11-4-6-13(2,7-5-11)10-15-12-14-8-9-16(12)3/h11H,4-10H2,1-3H3,(H,14,15). The molecule has 0 amide bonds. The zero-order valence-electron chi connectivity index (χ0n) is 10.9. The van der Waals surface area contributed by atoms with Crippen LogP contribution in [0.3, 0.4) is 0 Å². The molecule has 0 radical (unpaired) electrons. The maximum atomic E-state index is 4.48. The molecule has 0 unspecified atom stereocenters. The average Bonchev–Trinajstić information content (AvgIpc) is 2.67. The summed E-state index contributed by atoms with van der Waals surface area (Å²) in [6, 6.07) is 0. The van der Waals surface area contributed by atoms with Crippen molar-refractivity contribution in [1.29, 1.82) is 0 Å². The van der Waals surface area contributed by atoms with E-state index in [2.05, 4.69) is 36.1 Å². The van der Waals surface area contributed by atoms with E-state index in [9.17, 15) is 0 Å². The minimum atomic E-state index is 0.485. The molecule has 0 saturated heterocycles. The number of guanidine groups is 1. The number of likely N-dealkylation sites (N-methyl/N-ethyl adjacent to an activating group) is 1. The summed E-state index contributed by atoms with van der Waals surface area (Å²) in [5.41, 5.74) is 0.485. The number of aliphatic imine (C=N–C) groups is 1. The minimum Gasteiger partial charge on any atom is -0.356 e. The summed E-state index contributed by atoms with van der Waals surface area (Å²) in [4.78, 5) is 6.70. The quantitative estimate of drug-likeness (QED) is 0.776. The predicted octanol–water partition coefficient (Wildman–Crippen LogP) is 2.09. The van der Waals surface area contributed by atoms with Gasteiger partial charge in [-0.05, 0) is 24.2 Å². The zero-order valence-corrected chi connectivity index (χ0v) is 10.9. The number of nitrogens with zero attached hydrogens (tertiary/aromatic N) is 2. The highest BCUT2D eigenvalue weighted by Crippen LogP contribution is 2.37. The van der Waals surface area contributed by atoms with Crippen LogP contribution in [0.15, 0.2) is 4.99 Å². The molecule has 1 heterocycles. The average molecular weight is 223 g/mol. The van der Waals surface area contributed by atoms with Crippen LogP contribution in [0.25, 0.3) is 0 Å². The largest absolute Gasteiger partial charge is 0.356 e. The van der Waals surface area contributed by atoms with E-state index in [1.165, 1.54) is 25.7 Å². The summed E-state index contributed by atoms with van der Waals surface area (Å²) in [6.07, 6.45) is 5.50. The van der Waals surface area contributed by atoms with Crippen molar-refractivity contribution >= 4 is 5.96 Å². The van der Waals surface area contributed by atoms with Gasteiger partial charge in [-0.1, -0.05) is 26.7 Å². The monoisotopic (exact) mass is 223 g/mol. The molecule has 0 aromatic carbocycles. The van der Waals surface area contributed by atoms with Gasteiger partial charge in [0, 0.05) is 20.1 Å². The molecule has 1 N–H and O–H groups in total. The van der Waals surface area contributed by atoms with E-state index in [1.807, 2.05) is 0 Å². The first-order valence-corrected chi connectivity index (χ1v) is 6.58. The van der Waals surface area contributed by atoms with Crippen LogP contribution < -0.4 is 5.32 Å². The van der Waals surface area contributed by atoms with Gasteiger partial charge in [-0.25, -0.2) is 0 Å². The molecule has 16 heavy (non-hydrogen) atoms. The molecule has 0 aromatic rings. The molecule has 0 bridgehead atoms. The van der Waals surface area contributed by atoms with E-state index in [-0.39, 0.29) is 0 Å². The van der Waals surface area contributed by atoms with E-state index in [0.29, 0.717) is 5.41 Å². The molecule has 3 nitrogen and oxygen atoms in total. The van der Waals surface area contributed by atoms with Gasteiger partial charge in [0.05, 0.1) is 6.54 Å². The van der Waals surface area contributed by atoms with E-state index >= 15 is 0 Å². The van der Waals surface area contributed by atoms with Crippen molar-refractivity contribution in [2.75, 3.05) is 26.7 Å². The first-order valence-electron chi connectivity index (χ1n) is 6.58. The van der Waals surface area contributed by atoms with Gasteiger partial charge in [0.1, 0.15) is 0 Å². The van der Waals surface area contributed by atoms with Gasteiger partial charge in [-0.2, -0.15) is 0 Å². The van der Waals surface area contributed by atoms with E-state index in [0.717, 1.165) is 31.5 Å². The van der Waals surface area contributed by atoms with Crippen molar-refractivity contribution in [3.63, 3.8) is 0 Å². The molecule has 92 valence electrons. The van der Waals surface area contributed by atoms with Crippen molar-refractivity contribution in [3.8, 4) is 0 Å². The Hall–Kier alpha value is -0.730. The lowest BCUT2D eigenvalue weighted by Gasteiger charge is -2.37. The summed E-state index contributed by atoms with van der Waals surface area (Å²) < 4.78 is 0. The number of rotatable bonds is 2. The fraction of sp³-hybridized carbons (Fsp3) is 0.923. The Labute approximate surface area is 99.3 Å². The Balaban J connectivity index is 1.81. The highest BCUT2D eigenvalue weighted by atomic mass is 15.3. The second-order valence-electron chi connectivity index (χ2n) is 5.97. The number of nitrogens with one attached hydrogen (secondary N) is 1. The van der Waals surface area contributed by atoms with Crippen LogP contribution in [0.2, 0.25) is 0 Å². The predicted molar refractivity (Wildman–Crippen MR) is 68.7 cm³/mol. The lowest BCUT2D eigenvalue weighted by molar-refractivity contribution is 0.179. The van der Waals surface area contributed by atoms with Gasteiger partial charge in [0.2, 0.25) is 0 Å². The molecule has 1 aliphatic carbocycles. The SMILES string of the molecule is CC1CCC(C)(CNC2=NCCN2C)CC1. The Morgan fingerprint density at radius 2 is 2.12 bits per heavy atom. The third kappa shape index (κ3) is 2.69. The van der Waals surface area contributed by atoms with E-state index < -0.39 is 0 Å². The van der Waals surface area contributed by atoms with E-state index in [1.54, 1.807) is 0 Å². The van der Waals surface area contributed by atoms with Gasteiger partial charge in [0.15, 0.2) is 5.96 Å². The van der Waals surface area contributed by atoms with Gasteiger partial charge >= 0.3 is 0 Å². The van der Waals surface area contributed by atoms with Crippen LogP contribution >= 0.6 is 0 Å². The molecule has 0 spiro atoms. The van der Waals surface area contributed by atoms with Crippen LogP contribution in [0.5, 0.6) is 0 Å². The Morgan fingerprint density at radius 3 is 2.69 bits per heavy atom. The lowest BCUT2D eigenvalue weighted by Crippen LogP contribution is -2.42. The highest BCUT2D eigenvalue weighted by Gasteiger charge is 2.30. The summed E-state index contributed by atoms with van der Waals surface area (Å²) in [5.74, 6) is 2.03. The molecular formula is C13H25N3. The molecule has 2 rings (SSSR count). The van der Waals surface area contributed by atoms with Crippen LogP contribution in [-0.2, 0) is 0 Å². The lowest BCUT2D eigenvalue weighted by atomic mass is 9.72. The molecule has 1 saturated carbocycles. The second-order valence-corrected chi connectivity index (χ2v) is 5.97. The van der Waals surface area contributed by atoms with Gasteiger partial charge in [0.25, 0.3) is 0 Å². The van der Waals surface area contributed by atoms with E-state index in [4.69, 9.17) is 0 Å². The molecule has 0 aromatic heterocycles. The zero-order chi connectivity index (χ0) is 11.6. The van der Waals surface area contributed by atoms with Crippen molar-refractivity contribution in [2.24, 2.45) is 16.3 Å². The molecule has 3 heteroatoms. The molecule has 0 atom stereocenters. The molecule has 1 fully saturated rings. The maximum absolute atomic E-state index is 4.48. The van der Waals surface area contributed by atoms with Crippen molar-refractivity contribution in [3.05, 3.63) is 0 Å². The van der Waals surface area contributed by atoms with Crippen LogP contribution in [0.4, 0.5) is 0 Å². The molecule has 1 aliphatic heterocycles. The van der Waals surface area contributed by atoms with Crippen molar-refractivity contribution < 1.29 is 0 Å². The normalized spacial score (nSPS) is 35.1. The fourth-order valence-electron chi connectivity index (χ4n) is 2.65. The molecular weight excluding hydrogens is 198 g/mol. The fourth-order valence-corrected chi connectivity index (χ4v) is 2.65. The smallest absolute Gasteiger partial charge is 0.193 e. The second kappa shape index (κ2) is 4.64. The summed E-state index contributed by atoms with van der Waals surface area (Å²) in [6.45, 7) is 7.90. The van der Waals surface area contributed by atoms with Crippen molar-refractivity contribution in [2.45, 2.75) is 39.5 Å². The Morgan fingerprint density at radius 1 is 1.44 bits per heavy atom. The third-order valence-corrected chi connectivity index (χ3v) is 4.21. The van der Waals surface area contributed by atoms with Crippen molar-refractivity contribution in [1.82, 2.24) is 10.2 Å². The third-order valence-electron chi connectivity index (χ3n) is 4.21. The summed E-state index contributed by atoms with van der Waals surface area (Å²) >= 11 is 0. The number of hydrogen-bond acceptors (Lipinski definition) is 3. The topological polar surface area (TPSA) is 27.6 Å². The summed E-state index contributed by atoms with van der Waals surface area (Å²) in [5, 5.41) is 3.53. The Kier molecular flexibility index (Phi) is 3.41. The Bertz CT molecular complexity index is 264. The minimum absolute atomic E-state index is 0.485.